The van der Waals surface area contributed by atoms with Gasteiger partial charge in [0.15, 0.2) is 0 Å². The van der Waals surface area contributed by atoms with Gasteiger partial charge >= 0.3 is 0 Å². The number of nitrogens with zero attached hydrogens (tertiary/aromatic N) is 3. The number of hydrogen-bond acceptors (Lipinski definition) is 3. The van der Waals surface area contributed by atoms with E-state index >= 15 is 0 Å². The first kappa shape index (κ1) is 16.3. The maximum Gasteiger partial charge on any atom is 0.149 e. The minimum Gasteiger partial charge on any atom is -0.338 e. The van der Waals surface area contributed by atoms with Gasteiger partial charge in [0.1, 0.15) is 11.5 Å². The Hall–Kier alpha value is -3.86. The Morgan fingerprint density at radius 2 is 1.79 bits per heavy atom. The molecule has 0 saturated heterocycles. The van der Waals surface area contributed by atoms with Gasteiger partial charge in [-0.1, -0.05) is 42.5 Å². The smallest absolute Gasteiger partial charge is 0.149 e. The van der Waals surface area contributed by atoms with Gasteiger partial charge in [-0.25, -0.2) is 9.37 Å². The Morgan fingerprint density at radius 3 is 2.61 bits per heavy atom. The minimum atomic E-state index is -0.361. The topological polar surface area (TPSA) is 54.5 Å². The number of benzene rings is 1. The fraction of sp³-hybridized carbons (Fsp3) is 0. The zero-order chi connectivity index (χ0) is 18.9. The maximum absolute atomic E-state index is 14.7. The van der Waals surface area contributed by atoms with Crippen LogP contribution in [0.5, 0.6) is 0 Å². The SMILES string of the molecule is Fc1cnc2[nH]c3cnc(-c4cccnc4)cc3c2c1C=Cc1ccccc1. The van der Waals surface area contributed by atoms with Crippen molar-refractivity contribution >= 4 is 34.1 Å². The standard InChI is InChI=1S/C23H15FN4/c24-19-13-27-23-22(17(19)9-8-15-5-2-1-3-6-15)18-11-20(26-14-21(18)28-23)16-7-4-10-25-12-16/h1-14H,(H,27,28). The maximum atomic E-state index is 14.7. The number of H-pyrrole nitrogens is 1. The molecule has 0 aliphatic carbocycles. The molecule has 5 heteroatoms. The number of aromatic amines is 1. The van der Waals surface area contributed by atoms with E-state index in [1.807, 2.05) is 54.6 Å². The Kier molecular flexibility index (Phi) is 3.91. The molecule has 5 rings (SSSR count). The molecule has 28 heavy (non-hydrogen) atoms. The Bertz CT molecular complexity index is 1310. The average molecular weight is 366 g/mol. The molecule has 5 aromatic rings. The van der Waals surface area contributed by atoms with Gasteiger partial charge in [0.05, 0.1) is 23.6 Å². The third kappa shape index (κ3) is 2.83. The second-order valence-corrected chi connectivity index (χ2v) is 6.47. The van der Waals surface area contributed by atoms with E-state index in [0.29, 0.717) is 11.2 Å². The van der Waals surface area contributed by atoms with E-state index < -0.39 is 0 Å². The van der Waals surface area contributed by atoms with Crippen molar-refractivity contribution in [1.82, 2.24) is 19.9 Å². The van der Waals surface area contributed by atoms with Crippen LogP contribution >= 0.6 is 0 Å². The molecule has 4 aromatic heterocycles. The summed E-state index contributed by atoms with van der Waals surface area (Å²) in [5, 5.41) is 1.62. The average Bonchev–Trinajstić information content (AvgIpc) is 3.12. The van der Waals surface area contributed by atoms with Crippen LogP contribution in [0.4, 0.5) is 4.39 Å². The molecule has 0 amide bonds. The first-order chi connectivity index (χ1) is 13.8. The highest BCUT2D eigenvalue weighted by Crippen LogP contribution is 2.31. The van der Waals surface area contributed by atoms with Gasteiger partial charge in [-0.05, 0) is 23.8 Å². The summed E-state index contributed by atoms with van der Waals surface area (Å²) in [6.07, 6.45) is 10.2. The summed E-state index contributed by atoms with van der Waals surface area (Å²) >= 11 is 0. The fourth-order valence-corrected chi connectivity index (χ4v) is 3.34. The van der Waals surface area contributed by atoms with Crippen LogP contribution < -0.4 is 0 Å². The van der Waals surface area contributed by atoms with E-state index in [1.54, 1.807) is 24.7 Å². The van der Waals surface area contributed by atoms with E-state index in [2.05, 4.69) is 19.9 Å². The van der Waals surface area contributed by atoms with Gasteiger partial charge < -0.3 is 4.98 Å². The number of hydrogen-bond donors (Lipinski definition) is 1. The molecular formula is C23H15FN4. The van der Waals surface area contributed by atoms with E-state index in [0.717, 1.165) is 33.1 Å². The van der Waals surface area contributed by atoms with Crippen molar-refractivity contribution in [2.45, 2.75) is 0 Å². The number of rotatable bonds is 3. The van der Waals surface area contributed by atoms with Crippen LogP contribution in [-0.2, 0) is 0 Å². The van der Waals surface area contributed by atoms with Crippen molar-refractivity contribution in [2.75, 3.05) is 0 Å². The van der Waals surface area contributed by atoms with Crippen LogP contribution in [0.25, 0.3) is 45.3 Å². The Labute approximate surface area is 160 Å². The first-order valence-corrected chi connectivity index (χ1v) is 8.89. The summed E-state index contributed by atoms with van der Waals surface area (Å²) < 4.78 is 14.7. The van der Waals surface area contributed by atoms with Gasteiger partial charge in [0, 0.05) is 34.3 Å². The number of fused-ring (bicyclic) bond motifs is 3. The number of aromatic nitrogens is 4. The first-order valence-electron chi connectivity index (χ1n) is 8.89. The monoisotopic (exact) mass is 366 g/mol. The van der Waals surface area contributed by atoms with Crippen LogP contribution in [0, 0.1) is 5.82 Å². The Morgan fingerprint density at radius 1 is 0.893 bits per heavy atom. The van der Waals surface area contributed by atoms with Gasteiger partial charge in [0.25, 0.3) is 0 Å². The molecule has 1 aromatic carbocycles. The number of halogens is 1. The molecule has 0 aliphatic heterocycles. The lowest BCUT2D eigenvalue weighted by Gasteiger charge is -2.02. The summed E-state index contributed by atoms with van der Waals surface area (Å²) in [5.74, 6) is -0.361. The quantitative estimate of drug-likeness (QED) is 0.460. The third-order valence-electron chi connectivity index (χ3n) is 4.70. The van der Waals surface area contributed by atoms with Crippen molar-refractivity contribution in [3.63, 3.8) is 0 Å². The molecule has 134 valence electrons. The van der Waals surface area contributed by atoms with Crippen LogP contribution in [-0.4, -0.2) is 19.9 Å². The van der Waals surface area contributed by atoms with Crippen LogP contribution in [0.3, 0.4) is 0 Å². The second-order valence-electron chi connectivity index (χ2n) is 6.47. The summed E-state index contributed by atoms with van der Waals surface area (Å²) in [7, 11) is 0. The molecule has 4 heterocycles. The van der Waals surface area contributed by atoms with E-state index in [4.69, 9.17) is 0 Å². The van der Waals surface area contributed by atoms with E-state index in [1.165, 1.54) is 6.20 Å². The molecule has 1 N–H and O–H groups in total. The van der Waals surface area contributed by atoms with E-state index in [-0.39, 0.29) is 5.82 Å². The lowest BCUT2D eigenvalue weighted by Crippen LogP contribution is -1.88. The van der Waals surface area contributed by atoms with Crippen molar-refractivity contribution in [3.8, 4) is 11.3 Å². The lowest BCUT2D eigenvalue weighted by atomic mass is 10.1. The number of pyridine rings is 3. The van der Waals surface area contributed by atoms with Crippen molar-refractivity contribution in [3.05, 3.63) is 90.3 Å². The summed E-state index contributed by atoms with van der Waals surface area (Å²) in [6.45, 7) is 0. The fourth-order valence-electron chi connectivity index (χ4n) is 3.34. The largest absolute Gasteiger partial charge is 0.338 e. The van der Waals surface area contributed by atoms with Crippen molar-refractivity contribution in [1.29, 1.82) is 0 Å². The highest BCUT2D eigenvalue weighted by molar-refractivity contribution is 6.10. The minimum absolute atomic E-state index is 0.361. The van der Waals surface area contributed by atoms with Crippen LogP contribution in [0.2, 0.25) is 0 Å². The molecule has 0 atom stereocenters. The zero-order valence-electron chi connectivity index (χ0n) is 14.8. The molecule has 0 bridgehead atoms. The predicted octanol–water partition coefficient (Wildman–Crippen LogP) is 5.48. The molecule has 0 aliphatic rings. The molecule has 0 radical (unpaired) electrons. The molecular weight excluding hydrogens is 351 g/mol. The zero-order valence-corrected chi connectivity index (χ0v) is 14.8. The molecule has 0 saturated carbocycles. The van der Waals surface area contributed by atoms with Gasteiger partial charge in [-0.15, -0.1) is 0 Å². The third-order valence-corrected chi connectivity index (χ3v) is 4.70. The predicted molar refractivity (Wildman–Crippen MR) is 110 cm³/mol. The van der Waals surface area contributed by atoms with Crippen LogP contribution in [0.1, 0.15) is 11.1 Å². The Balaban J connectivity index is 1.73. The van der Waals surface area contributed by atoms with Crippen LogP contribution in [0.15, 0.2) is 73.3 Å². The van der Waals surface area contributed by atoms with E-state index in [9.17, 15) is 4.39 Å². The molecule has 0 spiro atoms. The highest BCUT2D eigenvalue weighted by Gasteiger charge is 2.14. The van der Waals surface area contributed by atoms with Gasteiger partial charge in [-0.3, -0.25) is 9.97 Å². The number of nitrogens with one attached hydrogen (secondary N) is 1. The summed E-state index contributed by atoms with van der Waals surface area (Å²) in [6, 6.07) is 15.6. The normalized spacial score (nSPS) is 11.6. The summed E-state index contributed by atoms with van der Waals surface area (Å²) in [5.41, 5.74) is 4.64. The van der Waals surface area contributed by atoms with Gasteiger partial charge in [0.2, 0.25) is 0 Å². The highest BCUT2D eigenvalue weighted by atomic mass is 19.1. The van der Waals surface area contributed by atoms with Gasteiger partial charge in [-0.2, -0.15) is 0 Å². The molecule has 4 nitrogen and oxygen atoms in total. The van der Waals surface area contributed by atoms with Crippen molar-refractivity contribution < 1.29 is 4.39 Å². The van der Waals surface area contributed by atoms with Crippen molar-refractivity contribution in [2.24, 2.45) is 0 Å². The summed E-state index contributed by atoms with van der Waals surface area (Å²) in [4.78, 5) is 16.1. The molecule has 0 fully saturated rings. The molecule has 0 unspecified atom stereocenters. The lowest BCUT2D eigenvalue weighted by molar-refractivity contribution is 0.621. The second kappa shape index (κ2) is 6.70.